The van der Waals surface area contributed by atoms with E-state index < -0.39 is 6.36 Å². The molecule has 0 aliphatic carbocycles. The van der Waals surface area contributed by atoms with Crippen molar-refractivity contribution in [2.24, 2.45) is 0 Å². The summed E-state index contributed by atoms with van der Waals surface area (Å²) < 4.78 is 40.2. The third-order valence-electron chi connectivity index (χ3n) is 2.27. The highest BCUT2D eigenvalue weighted by atomic mass is 79.9. The zero-order chi connectivity index (χ0) is 15.2. The van der Waals surface area contributed by atoms with Crippen LogP contribution in [0.5, 0.6) is 5.75 Å². The molecule has 0 spiro atoms. The predicted octanol–water partition coefficient (Wildman–Crippen LogP) is 3.29. The van der Waals surface area contributed by atoms with Gasteiger partial charge in [0.25, 0.3) is 0 Å². The topological polar surface area (TPSA) is 50.4 Å². The van der Waals surface area contributed by atoms with Crippen molar-refractivity contribution in [3.8, 4) is 5.75 Å². The molecule has 1 amide bonds. The second-order valence-corrected chi connectivity index (χ2v) is 4.80. The Morgan fingerprint density at radius 2 is 2.10 bits per heavy atom. The molecule has 0 aliphatic heterocycles. The Morgan fingerprint density at radius 1 is 1.40 bits per heavy atom. The minimum Gasteiger partial charge on any atom is -0.405 e. The average molecular weight is 355 g/mol. The maximum Gasteiger partial charge on any atom is 0.573 e. The van der Waals surface area contributed by atoms with Gasteiger partial charge in [0.05, 0.1) is 4.47 Å². The van der Waals surface area contributed by atoms with E-state index in [1.54, 1.807) is 7.05 Å². The molecule has 112 valence electrons. The molecule has 0 unspecified atom stereocenters. The fourth-order valence-corrected chi connectivity index (χ4v) is 1.89. The maximum absolute atomic E-state index is 12.1. The van der Waals surface area contributed by atoms with Crippen LogP contribution in [-0.4, -0.2) is 25.9 Å². The summed E-state index contributed by atoms with van der Waals surface area (Å²) in [6, 6.07) is 3.85. The van der Waals surface area contributed by atoms with Crippen LogP contribution >= 0.6 is 15.9 Å². The molecular formula is C12H14BrF3N2O2. The molecule has 1 aromatic rings. The molecule has 1 aromatic carbocycles. The normalized spacial score (nSPS) is 11.2. The molecule has 4 nitrogen and oxygen atoms in total. The van der Waals surface area contributed by atoms with Crippen molar-refractivity contribution in [1.82, 2.24) is 5.32 Å². The van der Waals surface area contributed by atoms with Crippen molar-refractivity contribution in [3.05, 3.63) is 22.7 Å². The highest BCUT2D eigenvalue weighted by molar-refractivity contribution is 9.10. The molecule has 0 fully saturated rings. The lowest BCUT2D eigenvalue weighted by atomic mass is 10.2. The molecule has 1 rings (SSSR count). The fraction of sp³-hybridized carbons (Fsp3) is 0.417. The smallest absolute Gasteiger partial charge is 0.405 e. The van der Waals surface area contributed by atoms with Gasteiger partial charge in [0.15, 0.2) is 0 Å². The first kappa shape index (κ1) is 16.8. The number of carbonyl (C=O) groups is 1. The minimum absolute atomic E-state index is 0.114. The van der Waals surface area contributed by atoms with Crippen molar-refractivity contribution >= 4 is 27.5 Å². The highest BCUT2D eigenvalue weighted by Crippen LogP contribution is 2.32. The second kappa shape index (κ2) is 7.49. The van der Waals surface area contributed by atoms with E-state index in [0.717, 1.165) is 12.6 Å². The lowest BCUT2D eigenvalue weighted by Gasteiger charge is -2.12. The molecule has 0 heterocycles. The minimum atomic E-state index is -4.75. The summed E-state index contributed by atoms with van der Waals surface area (Å²) in [7, 11) is 1.79. The van der Waals surface area contributed by atoms with Crippen LogP contribution in [-0.2, 0) is 4.79 Å². The summed E-state index contributed by atoms with van der Waals surface area (Å²) in [5.74, 6) is -0.553. The molecule has 0 saturated heterocycles. The van der Waals surface area contributed by atoms with Crippen LogP contribution in [0.25, 0.3) is 0 Å². The van der Waals surface area contributed by atoms with Crippen LogP contribution in [0, 0.1) is 0 Å². The SMILES string of the molecule is CNCCCC(=O)Nc1ccc(OC(F)(F)F)c(Br)c1. The molecule has 0 bridgehead atoms. The Hall–Kier alpha value is -1.28. The summed E-state index contributed by atoms with van der Waals surface area (Å²) in [5.41, 5.74) is 0.404. The van der Waals surface area contributed by atoms with Gasteiger partial charge in [-0.3, -0.25) is 4.79 Å². The zero-order valence-corrected chi connectivity index (χ0v) is 12.3. The van der Waals surface area contributed by atoms with Gasteiger partial charge in [0.2, 0.25) is 5.91 Å². The third-order valence-corrected chi connectivity index (χ3v) is 2.89. The third kappa shape index (κ3) is 6.25. The summed E-state index contributed by atoms with van der Waals surface area (Å²) >= 11 is 2.97. The van der Waals surface area contributed by atoms with Crippen LogP contribution in [0.2, 0.25) is 0 Å². The van der Waals surface area contributed by atoms with Gasteiger partial charge in [-0.05, 0) is 54.1 Å². The Morgan fingerprint density at radius 3 is 2.65 bits per heavy atom. The lowest BCUT2D eigenvalue weighted by molar-refractivity contribution is -0.274. The van der Waals surface area contributed by atoms with Gasteiger partial charge in [0, 0.05) is 12.1 Å². The molecule has 0 aromatic heterocycles. The number of hydrogen-bond donors (Lipinski definition) is 2. The van der Waals surface area contributed by atoms with Crippen molar-refractivity contribution < 1.29 is 22.7 Å². The van der Waals surface area contributed by atoms with E-state index in [2.05, 4.69) is 31.3 Å². The van der Waals surface area contributed by atoms with Crippen LogP contribution in [0.1, 0.15) is 12.8 Å². The fourth-order valence-electron chi connectivity index (χ4n) is 1.44. The van der Waals surface area contributed by atoms with Crippen molar-refractivity contribution in [2.75, 3.05) is 18.9 Å². The van der Waals surface area contributed by atoms with Crippen molar-refractivity contribution in [2.45, 2.75) is 19.2 Å². The Labute approximate surface area is 122 Å². The van der Waals surface area contributed by atoms with Gasteiger partial charge in [-0.1, -0.05) is 0 Å². The quantitative estimate of drug-likeness (QED) is 0.770. The monoisotopic (exact) mass is 354 g/mol. The standard InChI is InChI=1S/C12H14BrF3N2O2/c1-17-6-2-3-11(19)18-8-4-5-10(9(13)7-8)20-12(14,15)16/h4-5,7,17H,2-3,6H2,1H3,(H,18,19). The Kier molecular flexibility index (Phi) is 6.28. The van der Waals surface area contributed by atoms with Crippen LogP contribution < -0.4 is 15.4 Å². The van der Waals surface area contributed by atoms with Gasteiger partial charge >= 0.3 is 6.36 Å². The number of alkyl halides is 3. The van der Waals surface area contributed by atoms with Crippen LogP contribution in [0.4, 0.5) is 18.9 Å². The molecule has 0 saturated carbocycles. The average Bonchev–Trinajstić information content (AvgIpc) is 2.31. The van der Waals surface area contributed by atoms with Gasteiger partial charge in [-0.2, -0.15) is 0 Å². The predicted molar refractivity (Wildman–Crippen MR) is 72.6 cm³/mol. The molecule has 20 heavy (non-hydrogen) atoms. The molecular weight excluding hydrogens is 341 g/mol. The largest absolute Gasteiger partial charge is 0.573 e. The zero-order valence-electron chi connectivity index (χ0n) is 10.7. The number of anilines is 1. The number of carbonyl (C=O) groups excluding carboxylic acids is 1. The van der Waals surface area contributed by atoms with Crippen LogP contribution in [0.3, 0.4) is 0 Å². The van der Waals surface area contributed by atoms with E-state index in [1.807, 2.05) is 0 Å². The van der Waals surface area contributed by atoms with Gasteiger partial charge in [-0.15, -0.1) is 13.2 Å². The first-order valence-corrected chi connectivity index (χ1v) is 6.61. The highest BCUT2D eigenvalue weighted by Gasteiger charge is 2.31. The number of ether oxygens (including phenoxy) is 1. The number of halogens is 4. The van der Waals surface area contributed by atoms with Gasteiger partial charge < -0.3 is 15.4 Å². The van der Waals surface area contributed by atoms with E-state index in [0.29, 0.717) is 18.5 Å². The molecule has 0 atom stereocenters. The summed E-state index contributed by atoms with van der Waals surface area (Å²) in [4.78, 5) is 11.5. The van der Waals surface area contributed by atoms with E-state index in [-0.39, 0.29) is 16.1 Å². The van der Waals surface area contributed by atoms with Crippen molar-refractivity contribution in [3.63, 3.8) is 0 Å². The second-order valence-electron chi connectivity index (χ2n) is 3.95. The van der Waals surface area contributed by atoms with Gasteiger partial charge in [-0.25, -0.2) is 0 Å². The first-order chi connectivity index (χ1) is 9.31. The van der Waals surface area contributed by atoms with E-state index in [9.17, 15) is 18.0 Å². The van der Waals surface area contributed by atoms with Crippen LogP contribution in [0.15, 0.2) is 22.7 Å². The number of nitrogens with one attached hydrogen (secondary N) is 2. The summed E-state index contributed by atoms with van der Waals surface area (Å²) in [6.07, 6.45) is -3.74. The maximum atomic E-state index is 12.1. The molecule has 0 radical (unpaired) electrons. The summed E-state index contributed by atoms with van der Waals surface area (Å²) in [5, 5.41) is 5.51. The van der Waals surface area contributed by atoms with Gasteiger partial charge in [0.1, 0.15) is 5.75 Å². The molecule has 2 N–H and O–H groups in total. The molecule has 0 aliphatic rings. The summed E-state index contributed by atoms with van der Waals surface area (Å²) in [6.45, 7) is 0.718. The number of hydrogen-bond acceptors (Lipinski definition) is 3. The Balaban J connectivity index is 2.61. The molecule has 8 heteroatoms. The Bertz CT molecular complexity index is 467. The van der Waals surface area contributed by atoms with E-state index in [4.69, 9.17) is 0 Å². The lowest BCUT2D eigenvalue weighted by Crippen LogP contribution is -2.18. The van der Waals surface area contributed by atoms with E-state index in [1.165, 1.54) is 12.1 Å². The number of benzene rings is 1. The number of amides is 1. The number of rotatable bonds is 6. The first-order valence-electron chi connectivity index (χ1n) is 5.81. The van der Waals surface area contributed by atoms with Crippen molar-refractivity contribution in [1.29, 1.82) is 0 Å². The van der Waals surface area contributed by atoms with E-state index >= 15 is 0 Å².